The van der Waals surface area contributed by atoms with Crippen molar-refractivity contribution in [1.82, 2.24) is 0 Å². The van der Waals surface area contributed by atoms with Gasteiger partial charge in [0.05, 0.1) is 11.1 Å². The molecule has 0 saturated carbocycles. The number of carbonyl (C=O) groups is 1. The van der Waals surface area contributed by atoms with Crippen molar-refractivity contribution in [3.63, 3.8) is 0 Å². The standard InChI is InChI=1S/C9H6BrN.C8H4BrNO/c1-2-7-4-3-5-9(10)8(7)6-11;9-8-3-1-2-6(5-11)7(8)4-10/h2-5H,1H2;1-3,5H. The SMILES string of the molecule is C=Cc1cccc(Br)c1C#N.N#Cc1c(Br)cccc1C=O. The monoisotopic (exact) mass is 416 g/mol. The molecule has 0 aliphatic carbocycles. The van der Waals surface area contributed by atoms with Gasteiger partial charge in [-0.1, -0.05) is 36.9 Å². The normalized spacial score (nSPS) is 8.73. The second kappa shape index (κ2) is 8.94. The van der Waals surface area contributed by atoms with Gasteiger partial charge in [-0.3, -0.25) is 4.79 Å². The molecule has 0 aromatic heterocycles. The second-order valence-corrected chi connectivity index (χ2v) is 5.66. The second-order valence-electron chi connectivity index (χ2n) is 3.95. The van der Waals surface area contributed by atoms with Gasteiger partial charge >= 0.3 is 0 Å². The number of hydrogen-bond acceptors (Lipinski definition) is 3. The van der Waals surface area contributed by atoms with Crippen molar-refractivity contribution in [3.8, 4) is 12.1 Å². The molecule has 0 aliphatic heterocycles. The van der Waals surface area contributed by atoms with E-state index in [0.29, 0.717) is 27.4 Å². The van der Waals surface area contributed by atoms with Crippen molar-refractivity contribution < 1.29 is 4.79 Å². The number of rotatable bonds is 2. The van der Waals surface area contributed by atoms with Gasteiger partial charge in [-0.25, -0.2) is 0 Å². The fraction of sp³-hybridized carbons (Fsp3) is 0. The van der Waals surface area contributed by atoms with Crippen molar-refractivity contribution >= 4 is 44.2 Å². The highest BCUT2D eigenvalue weighted by Gasteiger charge is 2.03. The van der Waals surface area contributed by atoms with Crippen molar-refractivity contribution in [2.75, 3.05) is 0 Å². The van der Waals surface area contributed by atoms with Gasteiger partial charge in [-0.05, 0) is 49.6 Å². The lowest BCUT2D eigenvalue weighted by Crippen LogP contribution is -1.87. The molecule has 0 N–H and O–H groups in total. The van der Waals surface area contributed by atoms with Crippen molar-refractivity contribution in [2.24, 2.45) is 0 Å². The van der Waals surface area contributed by atoms with Crippen LogP contribution in [0.5, 0.6) is 0 Å². The zero-order valence-electron chi connectivity index (χ0n) is 11.4. The highest BCUT2D eigenvalue weighted by Crippen LogP contribution is 2.20. The fourth-order valence-electron chi connectivity index (χ4n) is 1.59. The van der Waals surface area contributed by atoms with Gasteiger partial charge in [0.2, 0.25) is 0 Å². The summed E-state index contributed by atoms with van der Waals surface area (Å²) in [6.45, 7) is 3.61. The number of halogens is 2. The van der Waals surface area contributed by atoms with E-state index in [1.165, 1.54) is 0 Å². The maximum atomic E-state index is 10.4. The third kappa shape index (κ3) is 4.39. The Hall–Kier alpha value is -2.21. The highest BCUT2D eigenvalue weighted by atomic mass is 79.9. The van der Waals surface area contributed by atoms with Gasteiger partial charge in [0.15, 0.2) is 6.29 Å². The van der Waals surface area contributed by atoms with E-state index in [2.05, 4.69) is 44.5 Å². The predicted octanol–water partition coefficient (Wildman–Crippen LogP) is 5.10. The minimum atomic E-state index is 0.391. The van der Waals surface area contributed by atoms with Crippen molar-refractivity contribution in [2.45, 2.75) is 0 Å². The molecule has 0 bridgehead atoms. The Bertz CT molecular complexity index is 719. The summed E-state index contributed by atoms with van der Waals surface area (Å²) in [6, 6.07) is 14.7. The molecule has 2 aromatic carbocycles. The summed E-state index contributed by atoms with van der Waals surface area (Å²) in [5, 5.41) is 17.3. The van der Waals surface area contributed by atoms with Crippen LogP contribution in [-0.2, 0) is 0 Å². The average molecular weight is 418 g/mol. The molecule has 0 atom stereocenters. The van der Waals surface area contributed by atoms with Crippen LogP contribution in [0, 0.1) is 22.7 Å². The average Bonchev–Trinajstić information content (AvgIpc) is 2.54. The Labute approximate surface area is 145 Å². The zero-order valence-corrected chi connectivity index (χ0v) is 14.6. The van der Waals surface area contributed by atoms with Crippen LogP contribution in [0.15, 0.2) is 51.9 Å². The summed E-state index contributed by atoms with van der Waals surface area (Å²) >= 11 is 6.44. The minimum Gasteiger partial charge on any atom is -0.298 e. The maximum Gasteiger partial charge on any atom is 0.151 e. The number of nitrogens with zero attached hydrogens (tertiary/aromatic N) is 2. The molecule has 0 spiro atoms. The third-order valence-corrected chi connectivity index (χ3v) is 3.98. The predicted molar refractivity (Wildman–Crippen MR) is 93.2 cm³/mol. The molecule has 0 aliphatic rings. The van der Waals surface area contributed by atoms with Crippen LogP contribution in [-0.4, -0.2) is 6.29 Å². The Balaban J connectivity index is 0.000000220. The molecule has 22 heavy (non-hydrogen) atoms. The van der Waals surface area contributed by atoms with Gasteiger partial charge in [-0.2, -0.15) is 10.5 Å². The van der Waals surface area contributed by atoms with E-state index in [1.54, 1.807) is 24.3 Å². The molecule has 0 unspecified atom stereocenters. The van der Waals surface area contributed by atoms with E-state index in [4.69, 9.17) is 10.5 Å². The largest absolute Gasteiger partial charge is 0.298 e. The van der Waals surface area contributed by atoms with Crippen LogP contribution < -0.4 is 0 Å². The molecule has 108 valence electrons. The summed E-state index contributed by atoms with van der Waals surface area (Å²) < 4.78 is 1.47. The first-order valence-corrected chi connectivity index (χ1v) is 7.62. The highest BCUT2D eigenvalue weighted by molar-refractivity contribution is 9.10. The summed E-state index contributed by atoms with van der Waals surface area (Å²) in [5.74, 6) is 0. The van der Waals surface area contributed by atoms with Crippen LogP contribution >= 0.6 is 31.9 Å². The van der Waals surface area contributed by atoms with E-state index in [9.17, 15) is 4.79 Å². The molecule has 0 amide bonds. The van der Waals surface area contributed by atoms with Gasteiger partial charge in [-0.15, -0.1) is 0 Å². The van der Waals surface area contributed by atoms with E-state index in [-0.39, 0.29) is 0 Å². The summed E-state index contributed by atoms with van der Waals surface area (Å²) in [7, 11) is 0. The molecular weight excluding hydrogens is 408 g/mol. The lowest BCUT2D eigenvalue weighted by Gasteiger charge is -1.97. The zero-order chi connectivity index (χ0) is 16.5. The van der Waals surface area contributed by atoms with Crippen molar-refractivity contribution in [1.29, 1.82) is 10.5 Å². The summed E-state index contributed by atoms with van der Waals surface area (Å²) in [5.41, 5.74) is 2.31. The number of benzene rings is 2. The molecule has 0 heterocycles. The topological polar surface area (TPSA) is 64.7 Å². The molecular formula is C17H10Br2N2O. The number of carbonyl (C=O) groups excluding carboxylic acids is 1. The Morgan fingerprint density at radius 1 is 0.909 bits per heavy atom. The molecule has 5 heteroatoms. The molecule has 0 saturated heterocycles. The van der Waals surface area contributed by atoms with Gasteiger partial charge < -0.3 is 0 Å². The fourth-order valence-corrected chi connectivity index (χ4v) is 2.53. The molecule has 0 fully saturated rings. The lowest BCUT2D eigenvalue weighted by atomic mass is 10.1. The quantitative estimate of drug-likeness (QED) is 0.638. The Kier molecular flexibility index (Phi) is 7.25. The van der Waals surface area contributed by atoms with E-state index in [0.717, 1.165) is 10.0 Å². The first-order chi connectivity index (χ1) is 10.6. The Morgan fingerprint density at radius 2 is 1.36 bits per heavy atom. The van der Waals surface area contributed by atoms with Gasteiger partial charge in [0, 0.05) is 14.5 Å². The Morgan fingerprint density at radius 3 is 1.68 bits per heavy atom. The smallest absolute Gasteiger partial charge is 0.151 e. The van der Waals surface area contributed by atoms with E-state index >= 15 is 0 Å². The van der Waals surface area contributed by atoms with Crippen LogP contribution in [0.4, 0.5) is 0 Å². The van der Waals surface area contributed by atoms with E-state index in [1.807, 2.05) is 24.3 Å². The van der Waals surface area contributed by atoms with Crippen LogP contribution in [0.1, 0.15) is 27.0 Å². The lowest BCUT2D eigenvalue weighted by molar-refractivity contribution is 0.112. The molecule has 3 nitrogen and oxygen atoms in total. The van der Waals surface area contributed by atoms with Gasteiger partial charge in [0.25, 0.3) is 0 Å². The van der Waals surface area contributed by atoms with Crippen molar-refractivity contribution in [3.05, 3.63) is 74.2 Å². The van der Waals surface area contributed by atoms with Crippen LogP contribution in [0.2, 0.25) is 0 Å². The minimum absolute atomic E-state index is 0.391. The summed E-state index contributed by atoms with van der Waals surface area (Å²) in [6.07, 6.45) is 2.34. The number of nitriles is 2. The number of hydrogen-bond donors (Lipinski definition) is 0. The maximum absolute atomic E-state index is 10.4. The first kappa shape index (κ1) is 17.8. The summed E-state index contributed by atoms with van der Waals surface area (Å²) in [4.78, 5) is 10.4. The third-order valence-electron chi connectivity index (χ3n) is 2.66. The van der Waals surface area contributed by atoms with Crippen LogP contribution in [0.3, 0.4) is 0 Å². The van der Waals surface area contributed by atoms with Gasteiger partial charge in [0.1, 0.15) is 12.1 Å². The van der Waals surface area contributed by atoms with Crippen LogP contribution in [0.25, 0.3) is 6.08 Å². The molecule has 2 rings (SSSR count). The molecule has 2 aromatic rings. The molecule has 0 radical (unpaired) electrons. The number of aldehydes is 1. The van der Waals surface area contributed by atoms with E-state index < -0.39 is 0 Å². The first-order valence-electron chi connectivity index (χ1n) is 6.03.